The van der Waals surface area contributed by atoms with Crippen LogP contribution in [0.5, 0.6) is 0 Å². The van der Waals surface area contributed by atoms with Crippen LogP contribution in [-0.4, -0.2) is 31.7 Å². The van der Waals surface area contributed by atoms with Crippen molar-refractivity contribution in [2.45, 2.75) is 18.7 Å². The molecule has 0 spiro atoms. The van der Waals surface area contributed by atoms with Crippen LogP contribution in [0, 0.1) is 6.92 Å². The van der Waals surface area contributed by atoms with Gasteiger partial charge in [-0.05, 0) is 24.6 Å². The molecule has 1 amide bonds. The molecule has 0 aromatic heterocycles. The van der Waals surface area contributed by atoms with Crippen molar-refractivity contribution >= 4 is 37.5 Å². The number of hydrogen-bond acceptors (Lipinski definition) is 4. The van der Waals surface area contributed by atoms with Gasteiger partial charge in [-0.1, -0.05) is 22.9 Å². The summed E-state index contributed by atoms with van der Waals surface area (Å²) in [7, 11) is -3.80. The van der Waals surface area contributed by atoms with Crippen LogP contribution in [0.1, 0.15) is 12.5 Å². The zero-order chi connectivity index (χ0) is 14.8. The Morgan fingerprint density at radius 3 is 2.47 bits per heavy atom. The van der Waals surface area contributed by atoms with Gasteiger partial charge in [0, 0.05) is 16.7 Å². The van der Waals surface area contributed by atoms with Crippen molar-refractivity contribution in [3.05, 3.63) is 22.2 Å². The van der Waals surface area contributed by atoms with E-state index in [1.807, 2.05) is 0 Å². The van der Waals surface area contributed by atoms with Crippen molar-refractivity contribution in [1.82, 2.24) is 4.31 Å². The molecule has 0 saturated carbocycles. The molecule has 6 nitrogen and oxygen atoms in total. The van der Waals surface area contributed by atoms with E-state index in [0.717, 1.165) is 4.31 Å². The van der Waals surface area contributed by atoms with E-state index in [4.69, 9.17) is 11.5 Å². The van der Waals surface area contributed by atoms with Crippen LogP contribution in [0.25, 0.3) is 0 Å². The molecule has 1 rings (SSSR count). The summed E-state index contributed by atoms with van der Waals surface area (Å²) < 4.78 is 26.5. The average molecular weight is 350 g/mol. The number of carbonyl (C=O) groups excluding carboxylic acids is 1. The van der Waals surface area contributed by atoms with Crippen LogP contribution in [-0.2, 0) is 14.8 Å². The Morgan fingerprint density at radius 2 is 2.00 bits per heavy atom. The predicted molar refractivity (Wildman–Crippen MR) is 76.9 cm³/mol. The second-order valence-corrected chi connectivity index (χ2v) is 6.84. The van der Waals surface area contributed by atoms with E-state index in [9.17, 15) is 13.2 Å². The zero-order valence-corrected chi connectivity index (χ0v) is 13.1. The number of halogens is 1. The van der Waals surface area contributed by atoms with Gasteiger partial charge in [0.25, 0.3) is 0 Å². The number of rotatable bonds is 5. The maximum Gasteiger partial charge on any atom is 0.243 e. The van der Waals surface area contributed by atoms with E-state index in [1.165, 1.54) is 6.07 Å². The molecule has 1 aromatic rings. The molecule has 8 heteroatoms. The Balaban J connectivity index is 3.37. The van der Waals surface area contributed by atoms with Crippen molar-refractivity contribution in [3.8, 4) is 0 Å². The lowest BCUT2D eigenvalue weighted by atomic mass is 10.2. The molecule has 106 valence electrons. The minimum absolute atomic E-state index is 0.0717. The first-order valence-electron chi connectivity index (χ1n) is 5.54. The van der Waals surface area contributed by atoms with Crippen LogP contribution in [0.2, 0.25) is 0 Å². The van der Waals surface area contributed by atoms with Gasteiger partial charge in [-0.25, -0.2) is 8.42 Å². The second kappa shape index (κ2) is 5.89. The smallest absolute Gasteiger partial charge is 0.243 e. The molecule has 0 unspecified atom stereocenters. The standard InChI is InChI=1S/C11H16BrN3O3S/c1-3-15(6-11(14)16)19(17,18)10-5-8(12)4-9(13)7(10)2/h4-5H,3,6,13H2,1-2H3,(H2,14,16). The Morgan fingerprint density at radius 1 is 1.42 bits per heavy atom. The first-order valence-corrected chi connectivity index (χ1v) is 7.77. The van der Waals surface area contributed by atoms with Gasteiger partial charge >= 0.3 is 0 Å². The third kappa shape index (κ3) is 3.46. The molecule has 0 radical (unpaired) electrons. The number of anilines is 1. The van der Waals surface area contributed by atoms with Crippen molar-refractivity contribution in [3.63, 3.8) is 0 Å². The lowest BCUT2D eigenvalue weighted by molar-refractivity contribution is -0.118. The number of sulfonamides is 1. The highest BCUT2D eigenvalue weighted by atomic mass is 79.9. The lowest BCUT2D eigenvalue weighted by Gasteiger charge is -2.20. The number of likely N-dealkylation sites (N-methyl/N-ethyl adjacent to an activating group) is 1. The number of nitrogen functional groups attached to an aromatic ring is 1. The topological polar surface area (TPSA) is 106 Å². The van der Waals surface area contributed by atoms with Crippen LogP contribution in [0.3, 0.4) is 0 Å². The molecule has 1 aromatic carbocycles. The minimum Gasteiger partial charge on any atom is -0.398 e. The summed E-state index contributed by atoms with van der Waals surface area (Å²) >= 11 is 3.21. The number of hydrogen-bond donors (Lipinski definition) is 2. The summed E-state index contributed by atoms with van der Waals surface area (Å²) in [5, 5.41) is 0. The largest absolute Gasteiger partial charge is 0.398 e. The van der Waals surface area contributed by atoms with Gasteiger partial charge in [0.05, 0.1) is 11.4 Å². The van der Waals surface area contributed by atoms with Gasteiger partial charge in [0.2, 0.25) is 15.9 Å². The van der Waals surface area contributed by atoms with E-state index in [2.05, 4.69) is 15.9 Å². The fraction of sp³-hybridized carbons (Fsp3) is 0.364. The Bertz CT molecular complexity index is 601. The van der Waals surface area contributed by atoms with E-state index < -0.39 is 15.9 Å². The first kappa shape index (κ1) is 15.9. The Hall–Kier alpha value is -1.12. The maximum atomic E-state index is 12.5. The summed E-state index contributed by atoms with van der Waals surface area (Å²) in [6.45, 7) is 3.05. The molecular weight excluding hydrogens is 334 g/mol. The molecule has 0 atom stereocenters. The van der Waals surface area contributed by atoms with E-state index in [0.29, 0.717) is 15.7 Å². The zero-order valence-electron chi connectivity index (χ0n) is 10.7. The van der Waals surface area contributed by atoms with E-state index >= 15 is 0 Å². The molecule has 0 fully saturated rings. The van der Waals surface area contributed by atoms with Crippen molar-refractivity contribution in [2.24, 2.45) is 5.73 Å². The van der Waals surface area contributed by atoms with Crippen LogP contribution < -0.4 is 11.5 Å². The molecular formula is C11H16BrN3O3S. The number of benzene rings is 1. The highest BCUT2D eigenvalue weighted by Crippen LogP contribution is 2.28. The normalized spacial score (nSPS) is 11.8. The molecule has 0 saturated heterocycles. The maximum absolute atomic E-state index is 12.5. The predicted octanol–water partition coefficient (Wildman–Crippen LogP) is 0.836. The van der Waals surface area contributed by atoms with Crippen molar-refractivity contribution in [2.75, 3.05) is 18.8 Å². The highest BCUT2D eigenvalue weighted by Gasteiger charge is 2.27. The van der Waals surface area contributed by atoms with Crippen molar-refractivity contribution in [1.29, 1.82) is 0 Å². The average Bonchev–Trinajstić information content (AvgIpc) is 2.30. The Kier molecular flexibility index (Phi) is 4.94. The molecule has 0 bridgehead atoms. The van der Waals surface area contributed by atoms with Gasteiger partial charge in [-0.3, -0.25) is 4.79 Å². The summed E-state index contributed by atoms with van der Waals surface area (Å²) in [5.41, 5.74) is 11.6. The fourth-order valence-electron chi connectivity index (χ4n) is 1.62. The van der Waals surface area contributed by atoms with Gasteiger partial charge in [-0.2, -0.15) is 4.31 Å². The monoisotopic (exact) mass is 349 g/mol. The second-order valence-electron chi connectivity index (χ2n) is 4.02. The number of amides is 1. The SMILES string of the molecule is CCN(CC(N)=O)S(=O)(=O)c1cc(Br)cc(N)c1C. The number of nitrogens with two attached hydrogens (primary N) is 2. The van der Waals surface area contributed by atoms with Gasteiger partial charge in [0.15, 0.2) is 0 Å². The van der Waals surface area contributed by atoms with Gasteiger partial charge < -0.3 is 11.5 Å². The lowest BCUT2D eigenvalue weighted by Crippen LogP contribution is -2.38. The third-order valence-electron chi connectivity index (χ3n) is 2.67. The first-order chi connectivity index (χ1) is 8.70. The van der Waals surface area contributed by atoms with Gasteiger partial charge in [-0.15, -0.1) is 0 Å². The third-order valence-corrected chi connectivity index (χ3v) is 5.17. The molecule has 0 aliphatic rings. The summed E-state index contributed by atoms with van der Waals surface area (Å²) in [6.07, 6.45) is 0. The highest BCUT2D eigenvalue weighted by molar-refractivity contribution is 9.10. The van der Waals surface area contributed by atoms with Gasteiger partial charge in [0.1, 0.15) is 0 Å². The molecule has 4 N–H and O–H groups in total. The van der Waals surface area contributed by atoms with Crippen LogP contribution >= 0.6 is 15.9 Å². The van der Waals surface area contributed by atoms with Crippen LogP contribution in [0.4, 0.5) is 5.69 Å². The minimum atomic E-state index is -3.80. The molecule has 19 heavy (non-hydrogen) atoms. The Labute approximate surface area is 120 Å². The summed E-state index contributed by atoms with van der Waals surface area (Å²) in [6, 6.07) is 3.09. The molecule has 0 aliphatic heterocycles. The molecule has 0 aliphatic carbocycles. The molecule has 0 heterocycles. The number of carbonyl (C=O) groups is 1. The number of primary amides is 1. The quantitative estimate of drug-likeness (QED) is 0.767. The van der Waals surface area contributed by atoms with Crippen LogP contribution in [0.15, 0.2) is 21.5 Å². The van der Waals surface area contributed by atoms with Crippen molar-refractivity contribution < 1.29 is 13.2 Å². The summed E-state index contributed by atoms with van der Waals surface area (Å²) in [4.78, 5) is 11.0. The fourth-order valence-corrected chi connectivity index (χ4v) is 3.94. The number of nitrogens with zero attached hydrogens (tertiary/aromatic N) is 1. The van der Waals surface area contributed by atoms with E-state index in [-0.39, 0.29) is 18.0 Å². The summed E-state index contributed by atoms with van der Waals surface area (Å²) in [5.74, 6) is -0.703. The van der Waals surface area contributed by atoms with E-state index in [1.54, 1.807) is 19.9 Å².